The Bertz CT molecular complexity index is 675. The third-order valence-corrected chi connectivity index (χ3v) is 4.56. The minimum Gasteiger partial charge on any atom is -0.388 e. The molecule has 0 bridgehead atoms. The highest BCUT2D eigenvalue weighted by atomic mass is 14.8. The van der Waals surface area contributed by atoms with Crippen LogP contribution in [0.15, 0.2) is 66.8 Å². The molecule has 132 valence electrons. The number of hydrogen-bond donors (Lipinski definition) is 1. The summed E-state index contributed by atoms with van der Waals surface area (Å²) in [4.78, 5) is 0. The number of rotatable bonds is 9. The lowest BCUT2D eigenvalue weighted by Crippen LogP contribution is -1.89. The molecule has 1 N–H and O–H groups in total. The van der Waals surface area contributed by atoms with Crippen molar-refractivity contribution in [3.05, 3.63) is 83.4 Å². The molecule has 25 heavy (non-hydrogen) atoms. The predicted molar refractivity (Wildman–Crippen MR) is 112 cm³/mol. The van der Waals surface area contributed by atoms with E-state index in [0.29, 0.717) is 0 Å². The molecule has 0 aromatic heterocycles. The van der Waals surface area contributed by atoms with Crippen LogP contribution in [0.4, 0.5) is 5.69 Å². The normalized spacial score (nSPS) is 11.9. The molecule has 0 aliphatic rings. The molecule has 0 aliphatic heterocycles. The van der Waals surface area contributed by atoms with Gasteiger partial charge in [0.05, 0.1) is 0 Å². The molecule has 2 aromatic rings. The maximum atomic E-state index is 3.16. The first-order valence-corrected chi connectivity index (χ1v) is 9.45. The molecule has 0 amide bonds. The van der Waals surface area contributed by atoms with Crippen LogP contribution < -0.4 is 5.32 Å². The van der Waals surface area contributed by atoms with Gasteiger partial charge in [-0.3, -0.25) is 0 Å². The van der Waals surface area contributed by atoms with Crippen molar-refractivity contribution in [2.75, 3.05) is 12.4 Å². The Balaban J connectivity index is 1.91. The fourth-order valence-electron chi connectivity index (χ4n) is 2.93. The zero-order valence-corrected chi connectivity index (χ0v) is 15.9. The van der Waals surface area contributed by atoms with Crippen LogP contribution >= 0.6 is 0 Å². The highest BCUT2D eigenvalue weighted by Gasteiger charge is 1.98. The van der Waals surface area contributed by atoms with Gasteiger partial charge in [0.15, 0.2) is 0 Å². The van der Waals surface area contributed by atoms with Crippen molar-refractivity contribution >= 4 is 11.3 Å². The monoisotopic (exact) mass is 333 g/mol. The zero-order chi connectivity index (χ0) is 17.9. The molecule has 2 aromatic carbocycles. The van der Waals surface area contributed by atoms with Gasteiger partial charge in [0.2, 0.25) is 0 Å². The molecule has 1 heteroatoms. The summed E-state index contributed by atoms with van der Waals surface area (Å²) in [5.74, 6) is 0. The standard InChI is InChI=1S/C24H31N/c1-4-6-7-9-20-12-14-21(15-13-20)10-8-11-22(5-2)23-16-18-24(25-3)19-17-23/h5,8,11-19,25H,4,6-7,9-10H2,1-3H3/b11-8-,22-5+. The molecule has 0 unspecified atom stereocenters. The first-order chi connectivity index (χ1) is 12.3. The highest BCUT2D eigenvalue weighted by molar-refractivity contribution is 5.74. The van der Waals surface area contributed by atoms with Gasteiger partial charge >= 0.3 is 0 Å². The molecule has 0 heterocycles. The van der Waals surface area contributed by atoms with E-state index in [1.165, 1.54) is 47.9 Å². The summed E-state index contributed by atoms with van der Waals surface area (Å²) in [6, 6.07) is 17.7. The smallest absolute Gasteiger partial charge is 0.0337 e. The summed E-state index contributed by atoms with van der Waals surface area (Å²) < 4.78 is 0. The Kier molecular flexibility index (Phi) is 8.04. The van der Waals surface area contributed by atoms with E-state index in [-0.39, 0.29) is 0 Å². The SMILES string of the molecule is C/C=C(\C=C/Cc1ccc(CCCCC)cc1)c1ccc(NC)cc1. The van der Waals surface area contributed by atoms with Gasteiger partial charge in [0.25, 0.3) is 0 Å². The van der Waals surface area contributed by atoms with Gasteiger partial charge in [-0.25, -0.2) is 0 Å². The summed E-state index contributed by atoms with van der Waals surface area (Å²) in [6.45, 7) is 4.35. The maximum absolute atomic E-state index is 3.16. The highest BCUT2D eigenvalue weighted by Crippen LogP contribution is 2.19. The van der Waals surface area contributed by atoms with E-state index in [1.807, 2.05) is 7.05 Å². The van der Waals surface area contributed by atoms with Crippen molar-refractivity contribution in [1.82, 2.24) is 0 Å². The second-order valence-electron chi connectivity index (χ2n) is 6.45. The quantitative estimate of drug-likeness (QED) is 0.399. The average molecular weight is 334 g/mol. The molecule has 1 nitrogen and oxygen atoms in total. The average Bonchev–Trinajstić information content (AvgIpc) is 2.67. The van der Waals surface area contributed by atoms with E-state index >= 15 is 0 Å². The van der Waals surface area contributed by atoms with E-state index in [0.717, 1.165) is 12.1 Å². The number of aryl methyl sites for hydroxylation is 1. The van der Waals surface area contributed by atoms with Crippen molar-refractivity contribution in [1.29, 1.82) is 0 Å². The molecule has 0 saturated carbocycles. The number of allylic oxidation sites excluding steroid dienone is 4. The van der Waals surface area contributed by atoms with Crippen LogP contribution in [0.3, 0.4) is 0 Å². The van der Waals surface area contributed by atoms with Crippen LogP contribution in [0.1, 0.15) is 49.8 Å². The van der Waals surface area contributed by atoms with Gasteiger partial charge < -0.3 is 5.32 Å². The molecular formula is C24H31N. The van der Waals surface area contributed by atoms with E-state index in [2.05, 4.69) is 85.9 Å². The molecular weight excluding hydrogens is 302 g/mol. The van der Waals surface area contributed by atoms with Crippen LogP contribution in [0.2, 0.25) is 0 Å². The summed E-state index contributed by atoms with van der Waals surface area (Å²) in [7, 11) is 1.95. The van der Waals surface area contributed by atoms with Gasteiger partial charge in [-0.2, -0.15) is 0 Å². The largest absolute Gasteiger partial charge is 0.388 e. The summed E-state index contributed by atoms with van der Waals surface area (Å²) >= 11 is 0. The predicted octanol–water partition coefficient (Wildman–Crippen LogP) is 6.66. The minimum absolute atomic E-state index is 0.973. The molecule has 0 fully saturated rings. The first-order valence-electron chi connectivity index (χ1n) is 9.45. The van der Waals surface area contributed by atoms with E-state index in [9.17, 15) is 0 Å². The molecule has 0 aliphatic carbocycles. The zero-order valence-electron chi connectivity index (χ0n) is 15.9. The van der Waals surface area contributed by atoms with E-state index < -0.39 is 0 Å². The Morgan fingerprint density at radius 2 is 1.60 bits per heavy atom. The molecule has 0 saturated heterocycles. The maximum Gasteiger partial charge on any atom is 0.0337 e. The van der Waals surface area contributed by atoms with Crippen molar-refractivity contribution in [3.63, 3.8) is 0 Å². The summed E-state index contributed by atoms with van der Waals surface area (Å²) in [5, 5.41) is 3.16. The third kappa shape index (κ3) is 6.26. The lowest BCUT2D eigenvalue weighted by atomic mass is 10.0. The molecule has 0 radical (unpaired) electrons. The number of anilines is 1. The van der Waals surface area contributed by atoms with Gasteiger partial charge in [-0.05, 0) is 60.6 Å². The van der Waals surface area contributed by atoms with Gasteiger partial charge in [0, 0.05) is 12.7 Å². The second kappa shape index (κ2) is 10.6. The Morgan fingerprint density at radius 1 is 0.920 bits per heavy atom. The van der Waals surface area contributed by atoms with Gasteiger partial charge in [-0.15, -0.1) is 0 Å². The fourth-order valence-corrected chi connectivity index (χ4v) is 2.93. The third-order valence-electron chi connectivity index (χ3n) is 4.56. The van der Waals surface area contributed by atoms with Crippen LogP contribution in [-0.4, -0.2) is 7.05 Å². The van der Waals surface area contributed by atoms with Crippen LogP contribution in [-0.2, 0) is 12.8 Å². The topological polar surface area (TPSA) is 12.0 Å². The van der Waals surface area contributed by atoms with Crippen molar-refractivity contribution in [2.45, 2.75) is 46.0 Å². The fraction of sp³-hybridized carbons (Fsp3) is 0.333. The first kappa shape index (κ1) is 19.1. The van der Waals surface area contributed by atoms with Gasteiger partial charge in [-0.1, -0.05) is 74.4 Å². The number of nitrogens with one attached hydrogen (secondary N) is 1. The van der Waals surface area contributed by atoms with Crippen LogP contribution in [0.25, 0.3) is 5.57 Å². The number of hydrogen-bond acceptors (Lipinski definition) is 1. The van der Waals surface area contributed by atoms with E-state index in [4.69, 9.17) is 0 Å². The Hall–Kier alpha value is -2.28. The summed E-state index contributed by atoms with van der Waals surface area (Å²) in [6.07, 6.45) is 12.7. The van der Waals surface area contributed by atoms with Crippen molar-refractivity contribution < 1.29 is 0 Å². The minimum atomic E-state index is 0.973. The number of benzene rings is 2. The Labute approximate surface area is 153 Å². The lowest BCUT2D eigenvalue weighted by molar-refractivity contribution is 0.717. The van der Waals surface area contributed by atoms with Crippen molar-refractivity contribution in [3.8, 4) is 0 Å². The second-order valence-corrected chi connectivity index (χ2v) is 6.45. The van der Waals surface area contributed by atoms with Crippen molar-refractivity contribution in [2.24, 2.45) is 0 Å². The number of unbranched alkanes of at least 4 members (excludes halogenated alkanes) is 2. The molecule has 2 rings (SSSR count). The summed E-state index contributed by atoms with van der Waals surface area (Å²) in [5.41, 5.74) is 6.49. The van der Waals surface area contributed by atoms with Crippen LogP contribution in [0.5, 0.6) is 0 Å². The van der Waals surface area contributed by atoms with Crippen LogP contribution in [0, 0.1) is 0 Å². The van der Waals surface area contributed by atoms with Gasteiger partial charge in [0.1, 0.15) is 0 Å². The lowest BCUT2D eigenvalue weighted by Gasteiger charge is -2.05. The Morgan fingerprint density at radius 3 is 2.20 bits per heavy atom. The van der Waals surface area contributed by atoms with E-state index in [1.54, 1.807) is 0 Å². The molecule has 0 atom stereocenters. The molecule has 0 spiro atoms.